The van der Waals surface area contributed by atoms with Crippen LogP contribution in [0.15, 0.2) is 53.3 Å². The third-order valence-corrected chi connectivity index (χ3v) is 5.78. The predicted molar refractivity (Wildman–Crippen MR) is 111 cm³/mol. The molecular weight excluding hydrogens is 407 g/mol. The van der Waals surface area contributed by atoms with Crippen molar-refractivity contribution in [1.82, 2.24) is 4.57 Å². The first-order chi connectivity index (χ1) is 14.8. The molecule has 0 aliphatic carbocycles. The Kier molecular flexibility index (Phi) is 5.36. The second-order valence-electron chi connectivity index (χ2n) is 7.59. The van der Waals surface area contributed by atoms with E-state index in [1.807, 2.05) is 24.3 Å². The van der Waals surface area contributed by atoms with Gasteiger partial charge in [-0.15, -0.1) is 13.2 Å². The molecule has 1 aliphatic rings. The maximum absolute atomic E-state index is 12.7. The summed E-state index contributed by atoms with van der Waals surface area (Å²) in [5, 5.41) is 10.5. The van der Waals surface area contributed by atoms with Gasteiger partial charge in [-0.2, -0.15) is 5.26 Å². The molecule has 8 heteroatoms. The van der Waals surface area contributed by atoms with Gasteiger partial charge in [0, 0.05) is 25.5 Å². The quantitative estimate of drug-likeness (QED) is 0.608. The number of nitriles is 1. The molecule has 2 heterocycles. The van der Waals surface area contributed by atoms with Gasteiger partial charge in [-0.1, -0.05) is 30.3 Å². The molecule has 3 aromatic rings. The van der Waals surface area contributed by atoms with E-state index in [4.69, 9.17) is 0 Å². The zero-order valence-electron chi connectivity index (χ0n) is 16.8. The summed E-state index contributed by atoms with van der Waals surface area (Å²) in [6.45, 7) is 1.27. The van der Waals surface area contributed by atoms with Crippen LogP contribution in [-0.2, 0) is 7.05 Å². The lowest BCUT2D eigenvalue weighted by Gasteiger charge is -2.35. The summed E-state index contributed by atoms with van der Waals surface area (Å²) in [6.07, 6.45) is -3.19. The fourth-order valence-electron chi connectivity index (χ4n) is 4.29. The van der Waals surface area contributed by atoms with Crippen LogP contribution in [-0.4, -0.2) is 24.0 Å². The topological polar surface area (TPSA) is 58.3 Å². The second kappa shape index (κ2) is 7.99. The number of halogens is 3. The predicted octanol–water partition coefficient (Wildman–Crippen LogP) is 4.69. The van der Waals surface area contributed by atoms with Gasteiger partial charge in [0.2, 0.25) is 0 Å². The molecule has 160 valence electrons. The van der Waals surface area contributed by atoms with Crippen molar-refractivity contribution in [3.05, 3.63) is 70.0 Å². The molecule has 1 fully saturated rings. The zero-order chi connectivity index (χ0) is 22.2. The number of para-hydroxylation sites is 1. The fraction of sp³-hybridized carbons (Fsp3) is 0.304. The number of rotatable bonds is 3. The number of aromatic nitrogens is 1. The van der Waals surface area contributed by atoms with E-state index in [1.54, 1.807) is 19.2 Å². The molecule has 0 bridgehead atoms. The maximum Gasteiger partial charge on any atom is 0.573 e. The number of nitrogens with zero attached hydrogens (tertiary/aromatic N) is 3. The van der Waals surface area contributed by atoms with E-state index in [0.29, 0.717) is 18.8 Å². The minimum absolute atomic E-state index is 0.133. The zero-order valence-corrected chi connectivity index (χ0v) is 16.8. The van der Waals surface area contributed by atoms with Crippen molar-refractivity contribution >= 4 is 16.6 Å². The normalized spacial score (nSPS) is 15.1. The Bertz CT molecular complexity index is 1200. The summed E-state index contributed by atoms with van der Waals surface area (Å²) in [7, 11) is 1.66. The van der Waals surface area contributed by atoms with Gasteiger partial charge >= 0.3 is 6.36 Å². The number of pyridine rings is 1. The van der Waals surface area contributed by atoms with Crippen molar-refractivity contribution in [3.8, 4) is 11.8 Å². The van der Waals surface area contributed by atoms with Crippen LogP contribution in [0.25, 0.3) is 10.9 Å². The molecule has 0 radical (unpaired) electrons. The highest BCUT2D eigenvalue weighted by atomic mass is 19.4. The smallest absolute Gasteiger partial charge is 0.406 e. The number of hydrogen-bond donors (Lipinski definition) is 0. The molecule has 1 aliphatic heterocycles. The van der Waals surface area contributed by atoms with Crippen molar-refractivity contribution < 1.29 is 17.9 Å². The molecule has 0 unspecified atom stereocenters. The van der Waals surface area contributed by atoms with E-state index in [0.717, 1.165) is 29.3 Å². The highest BCUT2D eigenvalue weighted by molar-refractivity contribution is 5.94. The summed E-state index contributed by atoms with van der Waals surface area (Å²) >= 11 is 0. The van der Waals surface area contributed by atoms with E-state index in [9.17, 15) is 23.2 Å². The number of fused-ring (bicyclic) bond motifs is 1. The minimum Gasteiger partial charge on any atom is -0.406 e. The first-order valence-corrected chi connectivity index (χ1v) is 9.91. The number of piperidine rings is 1. The van der Waals surface area contributed by atoms with Crippen molar-refractivity contribution in [2.75, 3.05) is 18.0 Å². The van der Waals surface area contributed by atoms with Crippen LogP contribution in [0.2, 0.25) is 0 Å². The van der Waals surface area contributed by atoms with Gasteiger partial charge in [-0.25, -0.2) is 0 Å². The Labute approximate surface area is 176 Å². The van der Waals surface area contributed by atoms with Gasteiger partial charge in [0.25, 0.3) is 5.56 Å². The number of ether oxygens (including phenoxy) is 1. The Hall–Kier alpha value is -3.47. The lowest BCUT2D eigenvalue weighted by atomic mass is 9.89. The molecule has 5 nitrogen and oxygen atoms in total. The Balaban J connectivity index is 1.57. The molecule has 0 saturated carbocycles. The Morgan fingerprint density at radius 1 is 1.06 bits per heavy atom. The molecule has 1 aromatic heterocycles. The Morgan fingerprint density at radius 2 is 1.71 bits per heavy atom. The monoisotopic (exact) mass is 427 g/mol. The summed E-state index contributed by atoms with van der Waals surface area (Å²) in [4.78, 5) is 14.8. The highest BCUT2D eigenvalue weighted by Crippen LogP contribution is 2.35. The molecule has 0 atom stereocenters. The summed E-state index contributed by atoms with van der Waals surface area (Å²) in [5.74, 6) is -0.0570. The van der Waals surface area contributed by atoms with Crippen LogP contribution in [0.3, 0.4) is 0 Å². The summed E-state index contributed by atoms with van der Waals surface area (Å²) in [6, 6.07) is 15.6. The van der Waals surface area contributed by atoms with Crippen molar-refractivity contribution in [2.24, 2.45) is 7.05 Å². The van der Waals surface area contributed by atoms with E-state index in [1.165, 1.54) is 16.7 Å². The second-order valence-corrected chi connectivity index (χ2v) is 7.59. The van der Waals surface area contributed by atoms with Gasteiger partial charge < -0.3 is 14.2 Å². The molecule has 31 heavy (non-hydrogen) atoms. The van der Waals surface area contributed by atoms with Crippen molar-refractivity contribution in [2.45, 2.75) is 25.1 Å². The summed E-state index contributed by atoms with van der Waals surface area (Å²) in [5.41, 5.74) is 2.19. The number of hydrogen-bond acceptors (Lipinski definition) is 4. The fourth-order valence-corrected chi connectivity index (χ4v) is 4.29. The molecule has 1 saturated heterocycles. The molecular formula is C23H20F3N3O2. The molecule has 4 rings (SSSR count). The molecule has 0 amide bonds. The molecule has 0 N–H and O–H groups in total. The van der Waals surface area contributed by atoms with E-state index >= 15 is 0 Å². The first-order valence-electron chi connectivity index (χ1n) is 9.91. The number of benzene rings is 2. The van der Waals surface area contributed by atoms with Crippen LogP contribution < -0.4 is 15.2 Å². The van der Waals surface area contributed by atoms with E-state index in [-0.39, 0.29) is 22.8 Å². The average Bonchev–Trinajstić information content (AvgIpc) is 2.76. The first kappa shape index (κ1) is 20.8. The van der Waals surface area contributed by atoms with Crippen molar-refractivity contribution in [3.63, 3.8) is 0 Å². The van der Waals surface area contributed by atoms with E-state index < -0.39 is 6.36 Å². The summed E-state index contributed by atoms with van der Waals surface area (Å²) < 4.78 is 42.5. The lowest BCUT2D eigenvalue weighted by Crippen LogP contribution is -2.35. The molecule has 0 spiro atoms. The third-order valence-electron chi connectivity index (χ3n) is 5.78. The maximum atomic E-state index is 12.7. The van der Waals surface area contributed by atoms with Crippen LogP contribution in [0, 0.1) is 11.3 Å². The standard InChI is InChI=1S/C23H20F3N3O2/c1-28-20-5-3-2-4-18(20)21(19(14-27)22(28)30)29-12-10-16(11-13-29)15-6-8-17(9-7-15)31-23(24,25)26/h2-9,16H,10-13H2,1H3. The number of aryl methyl sites for hydroxylation is 1. The number of alkyl halides is 3. The highest BCUT2D eigenvalue weighted by Gasteiger charge is 2.31. The number of anilines is 1. The van der Waals surface area contributed by atoms with Crippen LogP contribution in [0.1, 0.15) is 29.9 Å². The van der Waals surface area contributed by atoms with Crippen LogP contribution in [0.5, 0.6) is 5.75 Å². The van der Waals surface area contributed by atoms with E-state index in [2.05, 4.69) is 15.7 Å². The average molecular weight is 427 g/mol. The molecule has 2 aromatic carbocycles. The SMILES string of the molecule is Cn1c(=O)c(C#N)c(N2CCC(c3ccc(OC(F)(F)F)cc3)CC2)c2ccccc21. The van der Waals surface area contributed by atoms with Crippen LogP contribution >= 0.6 is 0 Å². The van der Waals surface area contributed by atoms with Crippen LogP contribution in [0.4, 0.5) is 18.9 Å². The minimum atomic E-state index is -4.71. The van der Waals surface area contributed by atoms with Crippen molar-refractivity contribution in [1.29, 1.82) is 5.26 Å². The third kappa shape index (κ3) is 4.08. The van der Waals surface area contributed by atoms with Gasteiger partial charge in [0.15, 0.2) is 0 Å². The lowest BCUT2D eigenvalue weighted by molar-refractivity contribution is -0.274. The van der Waals surface area contributed by atoms with Gasteiger partial charge in [-0.05, 0) is 42.5 Å². The van der Waals surface area contributed by atoms with Gasteiger partial charge in [0.1, 0.15) is 17.4 Å². The van der Waals surface area contributed by atoms with Gasteiger partial charge in [-0.3, -0.25) is 4.79 Å². The Morgan fingerprint density at radius 3 is 2.32 bits per heavy atom. The largest absolute Gasteiger partial charge is 0.573 e. The van der Waals surface area contributed by atoms with Gasteiger partial charge in [0.05, 0.1) is 11.2 Å².